The Kier molecular flexibility index (Phi) is 4.29. The predicted octanol–water partition coefficient (Wildman–Crippen LogP) is 2.39. The van der Waals surface area contributed by atoms with Gasteiger partial charge in [-0.1, -0.05) is 6.07 Å². The number of hydrogen-bond donors (Lipinski definition) is 1. The zero-order chi connectivity index (χ0) is 16.2. The van der Waals surface area contributed by atoms with Crippen LogP contribution in [0.3, 0.4) is 0 Å². The summed E-state index contributed by atoms with van der Waals surface area (Å²) in [5.41, 5.74) is 3.33. The van der Waals surface area contributed by atoms with Crippen molar-refractivity contribution in [3.8, 4) is 17.6 Å². The van der Waals surface area contributed by atoms with Gasteiger partial charge in [-0.2, -0.15) is 10.4 Å². The normalized spacial score (nSPS) is 12.6. The summed E-state index contributed by atoms with van der Waals surface area (Å²) in [6.07, 6.45) is 0.788. The van der Waals surface area contributed by atoms with Crippen LogP contribution < -0.4 is 14.8 Å². The molecule has 0 fully saturated rings. The van der Waals surface area contributed by atoms with Crippen LogP contribution >= 0.6 is 0 Å². The number of nitrogens with zero attached hydrogens (tertiary/aromatic N) is 3. The first kappa shape index (κ1) is 15.1. The minimum Gasteiger partial charge on any atom is -0.486 e. The van der Waals surface area contributed by atoms with Gasteiger partial charge in [-0.15, -0.1) is 5.10 Å². The molecule has 0 spiro atoms. The topological polar surface area (TPSA) is 80.1 Å². The fourth-order valence-corrected chi connectivity index (χ4v) is 2.44. The van der Waals surface area contributed by atoms with Gasteiger partial charge < -0.3 is 14.8 Å². The molecule has 0 radical (unpaired) electrons. The summed E-state index contributed by atoms with van der Waals surface area (Å²) in [6, 6.07) is 8.14. The number of ether oxygens (including phenoxy) is 2. The minimum atomic E-state index is 0.535. The lowest BCUT2D eigenvalue weighted by molar-refractivity contribution is 0.171. The lowest BCUT2D eigenvalue weighted by Crippen LogP contribution is -2.15. The van der Waals surface area contributed by atoms with E-state index in [0.717, 1.165) is 34.7 Å². The number of anilines is 1. The Morgan fingerprint density at radius 3 is 2.74 bits per heavy atom. The van der Waals surface area contributed by atoms with Gasteiger partial charge in [0.1, 0.15) is 24.8 Å². The second-order valence-corrected chi connectivity index (χ2v) is 5.40. The predicted molar refractivity (Wildman–Crippen MR) is 85.8 cm³/mol. The van der Waals surface area contributed by atoms with Crippen LogP contribution in [0.25, 0.3) is 0 Å². The van der Waals surface area contributed by atoms with E-state index in [-0.39, 0.29) is 0 Å². The van der Waals surface area contributed by atoms with Crippen LogP contribution in [0.5, 0.6) is 11.5 Å². The molecule has 0 amide bonds. The summed E-state index contributed by atoms with van der Waals surface area (Å²) < 4.78 is 11.1. The van der Waals surface area contributed by atoms with E-state index < -0.39 is 0 Å². The molecular weight excluding hydrogens is 292 g/mol. The lowest BCUT2D eigenvalue weighted by Gasteiger charge is -2.19. The van der Waals surface area contributed by atoms with Crippen LogP contribution in [0.2, 0.25) is 0 Å². The maximum Gasteiger partial charge on any atom is 0.166 e. The molecule has 2 aromatic rings. The highest BCUT2D eigenvalue weighted by Crippen LogP contribution is 2.30. The molecule has 3 rings (SSSR count). The van der Waals surface area contributed by atoms with Crippen LogP contribution in [-0.2, 0) is 6.42 Å². The third-order valence-electron chi connectivity index (χ3n) is 3.88. The van der Waals surface area contributed by atoms with Crippen molar-refractivity contribution in [1.29, 1.82) is 5.26 Å². The van der Waals surface area contributed by atoms with Gasteiger partial charge in [0.2, 0.25) is 0 Å². The Bertz CT molecular complexity index is 768. The van der Waals surface area contributed by atoms with E-state index in [1.165, 1.54) is 0 Å². The molecule has 1 N–H and O–H groups in total. The van der Waals surface area contributed by atoms with E-state index in [1.54, 1.807) is 0 Å². The summed E-state index contributed by atoms with van der Waals surface area (Å²) in [5, 5.41) is 20.6. The summed E-state index contributed by atoms with van der Waals surface area (Å²) in [7, 11) is 0. The van der Waals surface area contributed by atoms with Crippen LogP contribution in [0, 0.1) is 25.2 Å². The Hall–Kier alpha value is -2.81. The minimum absolute atomic E-state index is 0.535. The fourth-order valence-electron chi connectivity index (χ4n) is 2.44. The van der Waals surface area contributed by atoms with Crippen molar-refractivity contribution in [2.45, 2.75) is 20.3 Å². The molecule has 0 aliphatic carbocycles. The van der Waals surface area contributed by atoms with E-state index in [0.29, 0.717) is 31.1 Å². The number of benzene rings is 1. The fraction of sp³-hybridized carbons (Fsp3) is 0.353. The van der Waals surface area contributed by atoms with Gasteiger partial charge in [-0.25, -0.2) is 0 Å². The number of nitriles is 1. The molecule has 0 saturated heterocycles. The first-order valence-corrected chi connectivity index (χ1v) is 7.55. The van der Waals surface area contributed by atoms with E-state index in [4.69, 9.17) is 9.47 Å². The second kappa shape index (κ2) is 6.53. The number of nitrogens with one attached hydrogen (secondary N) is 1. The zero-order valence-electron chi connectivity index (χ0n) is 13.2. The molecule has 0 atom stereocenters. The van der Waals surface area contributed by atoms with Gasteiger partial charge >= 0.3 is 0 Å². The molecule has 1 aliphatic heterocycles. The van der Waals surface area contributed by atoms with E-state index in [1.807, 2.05) is 32.0 Å². The largest absolute Gasteiger partial charge is 0.486 e. The SMILES string of the molecule is Cc1nnc(NCCc2ccc3c(c2)OCCO3)c(C#N)c1C. The molecule has 0 unspecified atom stereocenters. The molecular formula is C17H18N4O2. The van der Waals surface area contributed by atoms with Crippen molar-refractivity contribution in [3.05, 3.63) is 40.6 Å². The number of rotatable bonds is 4. The number of aryl methyl sites for hydroxylation is 1. The van der Waals surface area contributed by atoms with Crippen molar-refractivity contribution in [1.82, 2.24) is 10.2 Å². The molecule has 1 aliphatic rings. The summed E-state index contributed by atoms with van der Waals surface area (Å²) in [4.78, 5) is 0. The highest BCUT2D eigenvalue weighted by molar-refractivity contribution is 5.55. The first-order valence-electron chi connectivity index (χ1n) is 7.55. The lowest BCUT2D eigenvalue weighted by atomic mass is 10.1. The van der Waals surface area contributed by atoms with Crippen LogP contribution in [0.4, 0.5) is 5.82 Å². The summed E-state index contributed by atoms with van der Waals surface area (Å²) in [6.45, 7) is 5.57. The van der Waals surface area contributed by atoms with Crippen LogP contribution in [-0.4, -0.2) is 30.0 Å². The van der Waals surface area contributed by atoms with Gasteiger partial charge in [0.15, 0.2) is 17.3 Å². The third-order valence-corrected chi connectivity index (χ3v) is 3.88. The van der Waals surface area contributed by atoms with Gasteiger partial charge in [0.25, 0.3) is 0 Å². The maximum atomic E-state index is 9.28. The highest BCUT2D eigenvalue weighted by Gasteiger charge is 2.12. The number of hydrogen-bond acceptors (Lipinski definition) is 6. The van der Waals surface area contributed by atoms with Crippen molar-refractivity contribution in [2.24, 2.45) is 0 Å². The highest BCUT2D eigenvalue weighted by atomic mass is 16.6. The molecule has 2 heterocycles. The first-order chi connectivity index (χ1) is 11.2. The van der Waals surface area contributed by atoms with E-state index in [9.17, 15) is 5.26 Å². The Morgan fingerprint density at radius 2 is 1.96 bits per heavy atom. The molecule has 6 heteroatoms. The van der Waals surface area contributed by atoms with Crippen LogP contribution in [0.15, 0.2) is 18.2 Å². The monoisotopic (exact) mass is 310 g/mol. The second-order valence-electron chi connectivity index (χ2n) is 5.40. The van der Waals surface area contributed by atoms with Gasteiger partial charge in [-0.3, -0.25) is 0 Å². The van der Waals surface area contributed by atoms with Crippen LogP contribution in [0.1, 0.15) is 22.4 Å². The zero-order valence-corrected chi connectivity index (χ0v) is 13.2. The quantitative estimate of drug-likeness (QED) is 0.934. The number of aromatic nitrogens is 2. The van der Waals surface area contributed by atoms with E-state index in [2.05, 4.69) is 21.6 Å². The van der Waals surface area contributed by atoms with Crippen molar-refractivity contribution >= 4 is 5.82 Å². The van der Waals surface area contributed by atoms with Crippen molar-refractivity contribution < 1.29 is 9.47 Å². The third kappa shape index (κ3) is 3.19. The molecule has 1 aromatic heterocycles. The molecule has 1 aromatic carbocycles. The van der Waals surface area contributed by atoms with Gasteiger partial charge in [-0.05, 0) is 43.5 Å². The van der Waals surface area contributed by atoms with Crippen molar-refractivity contribution in [2.75, 3.05) is 25.1 Å². The Labute approximate surface area is 135 Å². The maximum absolute atomic E-state index is 9.28. The number of fused-ring (bicyclic) bond motifs is 1. The summed E-state index contributed by atoms with van der Waals surface area (Å²) in [5.74, 6) is 2.12. The van der Waals surface area contributed by atoms with Gasteiger partial charge in [0.05, 0.1) is 5.69 Å². The molecule has 0 bridgehead atoms. The Morgan fingerprint density at radius 1 is 1.17 bits per heavy atom. The van der Waals surface area contributed by atoms with E-state index >= 15 is 0 Å². The average Bonchev–Trinajstić information content (AvgIpc) is 2.58. The molecule has 23 heavy (non-hydrogen) atoms. The molecule has 118 valence electrons. The molecule has 6 nitrogen and oxygen atoms in total. The Balaban J connectivity index is 1.66. The summed E-state index contributed by atoms with van der Waals surface area (Å²) >= 11 is 0. The average molecular weight is 310 g/mol. The molecule has 0 saturated carbocycles. The standard InChI is InChI=1S/C17H18N4O2/c1-11-12(2)20-21-17(14(11)10-18)19-6-5-13-3-4-15-16(9-13)23-8-7-22-15/h3-4,9H,5-8H2,1-2H3,(H,19,21). The van der Waals surface area contributed by atoms with Crippen molar-refractivity contribution in [3.63, 3.8) is 0 Å². The smallest absolute Gasteiger partial charge is 0.166 e. The van der Waals surface area contributed by atoms with Gasteiger partial charge in [0, 0.05) is 6.54 Å².